The Kier molecular flexibility index (Phi) is 1.92. The van der Waals surface area contributed by atoms with Crippen LogP contribution in [0.2, 0.25) is 0 Å². The van der Waals surface area contributed by atoms with E-state index in [1.807, 2.05) is 19.1 Å². The van der Waals surface area contributed by atoms with E-state index in [1.165, 1.54) is 17.0 Å². The van der Waals surface area contributed by atoms with Gasteiger partial charge in [-0.3, -0.25) is 4.48 Å². The molecule has 2 aliphatic heterocycles. The Morgan fingerprint density at radius 3 is 2.87 bits per heavy atom. The second-order valence-corrected chi connectivity index (χ2v) is 6.49. The summed E-state index contributed by atoms with van der Waals surface area (Å²) in [7, 11) is 2.06. The second-order valence-electron chi connectivity index (χ2n) is 6.49. The zero-order valence-corrected chi connectivity index (χ0v) is 13.2. The highest BCUT2D eigenvalue weighted by atomic mass is 15.2. The average molecular weight is 303 g/mol. The van der Waals surface area contributed by atoms with Crippen molar-refractivity contribution < 1.29 is 8.59 Å². The monoisotopic (exact) mass is 303 g/mol. The van der Waals surface area contributed by atoms with Crippen molar-refractivity contribution in [2.45, 2.75) is 20.3 Å². The predicted molar refractivity (Wildman–Crippen MR) is 94.3 cm³/mol. The van der Waals surface area contributed by atoms with Gasteiger partial charge in [-0.25, -0.2) is 4.57 Å². The fourth-order valence-corrected chi connectivity index (χ4v) is 4.17. The van der Waals surface area contributed by atoms with Crippen molar-refractivity contribution in [1.82, 2.24) is 4.57 Å². The molecule has 23 heavy (non-hydrogen) atoms. The molecular weight excluding hydrogens is 281 g/mol. The Morgan fingerprint density at radius 1 is 1.17 bits per heavy atom. The molecule has 0 unspecified atom stereocenters. The number of hydrogen-bond donors (Lipinski definition) is 0. The zero-order valence-electron chi connectivity index (χ0n) is 16.2. The zero-order chi connectivity index (χ0) is 18.2. The van der Waals surface area contributed by atoms with Gasteiger partial charge in [-0.2, -0.15) is 0 Å². The Balaban J connectivity index is 1.82. The summed E-state index contributed by atoms with van der Waals surface area (Å²) in [6, 6.07) is 12.0. The van der Waals surface area contributed by atoms with Gasteiger partial charge in [-0.1, -0.05) is 30.3 Å². The van der Waals surface area contributed by atoms with Crippen molar-refractivity contribution in [2.75, 3.05) is 11.9 Å². The van der Waals surface area contributed by atoms with E-state index in [9.17, 15) is 0 Å². The number of hydrogen-bond acceptors (Lipinski definition) is 1. The third-order valence-electron chi connectivity index (χ3n) is 5.21. The highest BCUT2D eigenvalue weighted by molar-refractivity contribution is 6.70. The van der Waals surface area contributed by atoms with Crippen molar-refractivity contribution >= 4 is 18.1 Å². The van der Waals surface area contributed by atoms with Crippen LogP contribution in [-0.2, 0) is 6.54 Å². The van der Waals surface area contributed by atoms with Crippen molar-refractivity contribution in [3.05, 3.63) is 65.5 Å². The lowest BCUT2D eigenvalue weighted by molar-refractivity contribution is -0.523. The van der Waals surface area contributed by atoms with E-state index in [-0.39, 0.29) is 6.98 Å². The van der Waals surface area contributed by atoms with E-state index >= 15 is 0 Å². The quantitative estimate of drug-likeness (QED) is 0.491. The molecule has 0 saturated heterocycles. The Bertz CT molecular complexity index is 1050. The molecule has 0 spiro atoms. The van der Waals surface area contributed by atoms with Crippen LogP contribution in [0.25, 0.3) is 11.4 Å². The number of rotatable bonds is 1. The van der Waals surface area contributed by atoms with Crippen molar-refractivity contribution in [3.8, 4) is 11.4 Å². The lowest BCUT2D eigenvalue weighted by atomic mass is 9.60. The first-order valence-corrected chi connectivity index (χ1v) is 7.93. The van der Waals surface area contributed by atoms with Crippen LogP contribution in [0, 0.1) is 13.8 Å². The third kappa shape index (κ3) is 1.53. The van der Waals surface area contributed by atoms with Gasteiger partial charge in [-0.05, 0) is 38.0 Å². The molecule has 112 valence electrons. The summed E-state index contributed by atoms with van der Waals surface area (Å²) < 4.78 is 28.6. The first-order chi connectivity index (χ1) is 12.4. The van der Waals surface area contributed by atoms with Crippen LogP contribution in [0.1, 0.15) is 20.8 Å². The summed E-state index contributed by atoms with van der Waals surface area (Å²) in [6.45, 7) is 0.546. The van der Waals surface area contributed by atoms with Crippen LogP contribution in [0.3, 0.4) is 0 Å². The fourth-order valence-electron chi connectivity index (χ4n) is 4.17. The van der Waals surface area contributed by atoms with Crippen molar-refractivity contribution in [3.63, 3.8) is 0 Å². The average Bonchev–Trinajstić information content (AvgIpc) is 3.14. The summed E-state index contributed by atoms with van der Waals surface area (Å²) in [4.78, 5) is 2.21. The van der Waals surface area contributed by atoms with Gasteiger partial charge in [0.15, 0.2) is 0 Å². The molecule has 0 aliphatic carbocycles. The van der Waals surface area contributed by atoms with Crippen LogP contribution >= 0.6 is 0 Å². The molecule has 3 nitrogen and oxygen atoms in total. The number of aryl methyl sites for hydroxylation is 2. The van der Waals surface area contributed by atoms with E-state index in [2.05, 4.69) is 51.5 Å². The smallest absolute Gasteiger partial charge is 0.372 e. The molecule has 5 rings (SSSR count). The topological polar surface area (TPSA) is 12.1 Å². The molecule has 1 aromatic heterocycles. The number of benzene rings is 2. The minimum absolute atomic E-state index is 0.177. The summed E-state index contributed by atoms with van der Waals surface area (Å²) >= 11 is 0. The highest BCUT2D eigenvalue weighted by Gasteiger charge is 2.47. The van der Waals surface area contributed by atoms with Gasteiger partial charge in [0.05, 0.1) is 5.56 Å². The summed E-state index contributed by atoms with van der Waals surface area (Å²) in [5.74, 6) is 1.17. The number of aromatic nitrogens is 2. The first-order valence-electron chi connectivity index (χ1n) is 9.43. The molecule has 0 radical (unpaired) electrons. The van der Waals surface area contributed by atoms with Gasteiger partial charge in [0.1, 0.15) is 18.9 Å². The number of imidazole rings is 1. The van der Waals surface area contributed by atoms with Gasteiger partial charge < -0.3 is 4.81 Å². The van der Waals surface area contributed by atoms with Crippen LogP contribution in [0.4, 0.5) is 5.69 Å². The van der Waals surface area contributed by atoms with Gasteiger partial charge in [0, 0.05) is 20.8 Å². The van der Waals surface area contributed by atoms with Crippen LogP contribution in [0.15, 0.2) is 48.8 Å². The van der Waals surface area contributed by atoms with Crippen LogP contribution < -0.4 is 14.8 Å². The lowest BCUT2D eigenvalue weighted by Gasteiger charge is -2.31. The van der Waals surface area contributed by atoms with Crippen molar-refractivity contribution in [1.29, 1.82) is 0 Å². The maximum absolute atomic E-state index is 8.04. The van der Waals surface area contributed by atoms with Gasteiger partial charge in [0.25, 0.3) is 5.82 Å². The van der Waals surface area contributed by atoms with Crippen LogP contribution in [0.5, 0.6) is 0 Å². The predicted octanol–water partition coefficient (Wildman–Crippen LogP) is 2.11. The number of nitrogens with zero attached hydrogens (tertiary/aromatic N) is 3. The molecular formula is C19H19BN3+. The molecule has 0 atom stereocenters. The molecule has 0 fully saturated rings. The molecule has 3 heterocycles. The summed E-state index contributed by atoms with van der Waals surface area (Å²) in [5.41, 5.74) is 6.04. The SMILES string of the molecule is [2H]C([2H])([2H])c1cccc(C)c1B1N(C)c2cccc3c2-c2n(cc[n+]21)C3. The standard InChI is InChI=1S/C19H19BN3/c1-13-6-4-7-14(2)18(13)20-21(3)16-9-5-8-15-12-22-10-11-23(20)19(22)17(15)16/h4-11H,12H2,1-3H3/q+1/i1D3. The van der Waals surface area contributed by atoms with Crippen LogP contribution in [-0.4, -0.2) is 18.6 Å². The largest absolute Gasteiger partial charge is 0.537 e. The van der Waals surface area contributed by atoms with E-state index < -0.39 is 6.85 Å². The van der Waals surface area contributed by atoms with Crippen molar-refractivity contribution in [2.24, 2.45) is 0 Å². The third-order valence-corrected chi connectivity index (χ3v) is 5.21. The molecule has 2 aromatic carbocycles. The molecule has 2 aliphatic rings. The van der Waals surface area contributed by atoms with Gasteiger partial charge in [0.2, 0.25) is 0 Å². The Morgan fingerprint density at radius 2 is 2.00 bits per heavy atom. The molecule has 0 N–H and O–H groups in total. The highest BCUT2D eigenvalue weighted by Crippen LogP contribution is 2.40. The molecule has 3 aromatic rings. The molecule has 0 saturated carbocycles. The van der Waals surface area contributed by atoms with Gasteiger partial charge in [-0.15, -0.1) is 0 Å². The molecule has 4 heteroatoms. The van der Waals surface area contributed by atoms with Gasteiger partial charge >= 0.3 is 6.98 Å². The normalized spacial score (nSPS) is 16.9. The second kappa shape index (κ2) is 4.28. The molecule has 0 bridgehead atoms. The maximum Gasteiger partial charge on any atom is 0.537 e. The summed E-state index contributed by atoms with van der Waals surface area (Å²) in [6.07, 6.45) is 4.17. The fraction of sp³-hybridized carbons (Fsp3) is 0.211. The summed E-state index contributed by atoms with van der Waals surface area (Å²) in [5, 5.41) is 0. The first kappa shape index (κ1) is 10.3. The van der Waals surface area contributed by atoms with E-state index in [4.69, 9.17) is 4.11 Å². The minimum Gasteiger partial charge on any atom is -0.372 e. The molecule has 0 amide bonds. The Labute approximate surface area is 141 Å². The van der Waals surface area contributed by atoms with E-state index in [0.29, 0.717) is 5.56 Å². The Hall–Kier alpha value is -2.49. The minimum atomic E-state index is -2.15. The van der Waals surface area contributed by atoms with E-state index in [0.717, 1.165) is 23.3 Å². The lowest BCUT2D eigenvalue weighted by Crippen LogP contribution is -2.70. The number of anilines is 1. The maximum atomic E-state index is 8.04. The van der Waals surface area contributed by atoms with E-state index in [1.54, 1.807) is 6.07 Å².